The fourth-order valence-corrected chi connectivity index (χ4v) is 5.44. The first-order chi connectivity index (χ1) is 12.2. The summed E-state index contributed by atoms with van der Waals surface area (Å²) in [6.07, 6.45) is 5.24. The van der Waals surface area contributed by atoms with E-state index in [1.54, 1.807) is 11.3 Å². The Balaban J connectivity index is 1.45. The summed E-state index contributed by atoms with van der Waals surface area (Å²) in [7, 11) is 0. The molecule has 2 aliphatic rings. The molecular formula is C20H27N3OS. The molecule has 1 N–H and O–H groups in total. The normalized spacial score (nSPS) is 23.2. The van der Waals surface area contributed by atoms with Crippen LogP contribution in [0.5, 0.6) is 0 Å². The van der Waals surface area contributed by atoms with Gasteiger partial charge in [0, 0.05) is 13.0 Å². The zero-order chi connectivity index (χ0) is 17.2. The lowest BCUT2D eigenvalue weighted by Gasteiger charge is -2.30. The average molecular weight is 358 g/mol. The topological polar surface area (TPSA) is 45.2 Å². The number of benzene rings is 1. The van der Waals surface area contributed by atoms with Gasteiger partial charge in [-0.1, -0.05) is 19.1 Å². The molecule has 1 aromatic heterocycles. The van der Waals surface area contributed by atoms with E-state index in [1.165, 1.54) is 17.5 Å². The summed E-state index contributed by atoms with van der Waals surface area (Å²) < 4.78 is 1.22. The molecule has 0 aliphatic carbocycles. The summed E-state index contributed by atoms with van der Waals surface area (Å²) in [5, 5.41) is 4.53. The molecule has 134 valence electrons. The van der Waals surface area contributed by atoms with E-state index in [-0.39, 0.29) is 6.04 Å². The van der Waals surface area contributed by atoms with Crippen LogP contribution in [0.1, 0.15) is 50.1 Å². The fourth-order valence-electron chi connectivity index (χ4n) is 4.33. The Morgan fingerprint density at radius 1 is 1.32 bits per heavy atom. The Kier molecular flexibility index (Phi) is 5.04. The van der Waals surface area contributed by atoms with Gasteiger partial charge >= 0.3 is 0 Å². The molecule has 1 amide bonds. The van der Waals surface area contributed by atoms with Gasteiger partial charge in [-0.3, -0.25) is 4.79 Å². The first kappa shape index (κ1) is 17.0. The molecule has 4 nitrogen and oxygen atoms in total. The van der Waals surface area contributed by atoms with Crippen LogP contribution in [-0.4, -0.2) is 35.4 Å². The quantitative estimate of drug-likeness (QED) is 0.900. The summed E-state index contributed by atoms with van der Waals surface area (Å²) in [6, 6.07) is 8.46. The van der Waals surface area contributed by atoms with Gasteiger partial charge in [0.15, 0.2) is 0 Å². The second-order valence-electron chi connectivity index (χ2n) is 7.53. The van der Waals surface area contributed by atoms with Gasteiger partial charge in [0.05, 0.1) is 16.3 Å². The van der Waals surface area contributed by atoms with Gasteiger partial charge in [-0.2, -0.15) is 0 Å². The molecule has 5 heteroatoms. The minimum absolute atomic E-state index is 0.185. The lowest BCUT2D eigenvalue weighted by atomic mass is 9.84. The maximum atomic E-state index is 13.0. The third-order valence-corrected chi connectivity index (χ3v) is 6.99. The van der Waals surface area contributed by atoms with E-state index in [0.717, 1.165) is 43.0 Å². The highest BCUT2D eigenvalue weighted by molar-refractivity contribution is 7.18. The van der Waals surface area contributed by atoms with Crippen LogP contribution >= 0.6 is 11.3 Å². The van der Waals surface area contributed by atoms with Crippen molar-refractivity contribution in [3.05, 3.63) is 29.3 Å². The maximum absolute atomic E-state index is 13.0. The summed E-state index contributed by atoms with van der Waals surface area (Å²) in [5.74, 6) is 1.49. The number of rotatable bonds is 4. The second-order valence-corrected chi connectivity index (χ2v) is 8.60. The van der Waals surface area contributed by atoms with E-state index < -0.39 is 0 Å². The van der Waals surface area contributed by atoms with E-state index in [2.05, 4.69) is 35.3 Å². The van der Waals surface area contributed by atoms with Crippen LogP contribution in [0, 0.1) is 11.8 Å². The van der Waals surface area contributed by atoms with Crippen LogP contribution in [0.15, 0.2) is 24.3 Å². The minimum Gasteiger partial charge on any atom is -0.333 e. The van der Waals surface area contributed by atoms with Crippen molar-refractivity contribution in [2.24, 2.45) is 11.8 Å². The number of nitrogens with zero attached hydrogens (tertiary/aromatic N) is 2. The number of aromatic nitrogens is 1. The van der Waals surface area contributed by atoms with Crippen LogP contribution in [0.25, 0.3) is 10.2 Å². The fraction of sp³-hybridized carbons (Fsp3) is 0.600. The summed E-state index contributed by atoms with van der Waals surface area (Å²) >= 11 is 1.75. The standard InChI is InChI=1S/C20H27N3OS/c1-14(15-8-10-21-11-9-15)13-19(24)23-12-4-6-17(23)20-22-16-5-2-3-7-18(16)25-20/h2-3,5,7,14-15,17,21H,4,6,8-13H2,1H3. The van der Waals surface area contributed by atoms with E-state index in [9.17, 15) is 4.79 Å². The Morgan fingerprint density at radius 2 is 2.12 bits per heavy atom. The molecule has 0 radical (unpaired) electrons. The first-order valence-corrected chi connectivity index (χ1v) is 10.4. The van der Waals surface area contributed by atoms with Crippen molar-refractivity contribution >= 4 is 27.5 Å². The number of likely N-dealkylation sites (tertiary alicyclic amines) is 1. The zero-order valence-electron chi connectivity index (χ0n) is 14.9. The third kappa shape index (κ3) is 3.58. The number of carbonyl (C=O) groups excluding carboxylic acids is 1. The Labute approximate surface area is 153 Å². The number of piperidine rings is 1. The van der Waals surface area contributed by atoms with Crippen molar-refractivity contribution in [2.45, 2.75) is 45.1 Å². The van der Waals surface area contributed by atoms with Gasteiger partial charge in [-0.25, -0.2) is 4.98 Å². The molecule has 1 aromatic carbocycles. The lowest BCUT2D eigenvalue weighted by molar-refractivity contribution is -0.133. The molecule has 4 rings (SSSR count). The monoisotopic (exact) mass is 357 g/mol. The highest BCUT2D eigenvalue weighted by Crippen LogP contribution is 2.37. The van der Waals surface area contributed by atoms with E-state index in [1.807, 2.05) is 6.07 Å². The average Bonchev–Trinajstić information content (AvgIpc) is 3.28. The van der Waals surface area contributed by atoms with Gasteiger partial charge in [0.1, 0.15) is 5.01 Å². The van der Waals surface area contributed by atoms with Crippen molar-refractivity contribution in [2.75, 3.05) is 19.6 Å². The van der Waals surface area contributed by atoms with Crippen LogP contribution in [0.3, 0.4) is 0 Å². The number of hydrogen-bond donors (Lipinski definition) is 1. The second kappa shape index (κ2) is 7.42. The largest absolute Gasteiger partial charge is 0.333 e. The zero-order valence-corrected chi connectivity index (χ0v) is 15.7. The van der Waals surface area contributed by atoms with E-state index in [4.69, 9.17) is 4.98 Å². The highest BCUT2D eigenvalue weighted by atomic mass is 32.1. The molecule has 2 fully saturated rings. The molecule has 0 saturated carbocycles. The van der Waals surface area contributed by atoms with Crippen LogP contribution in [0.4, 0.5) is 0 Å². The maximum Gasteiger partial charge on any atom is 0.223 e. The van der Waals surface area contributed by atoms with Crippen LogP contribution in [-0.2, 0) is 4.79 Å². The predicted octanol–water partition coefficient (Wildman–Crippen LogP) is 3.99. The van der Waals surface area contributed by atoms with Gasteiger partial charge < -0.3 is 10.2 Å². The highest BCUT2D eigenvalue weighted by Gasteiger charge is 2.33. The Bertz CT molecular complexity index is 704. The van der Waals surface area contributed by atoms with Crippen molar-refractivity contribution in [1.29, 1.82) is 0 Å². The number of para-hydroxylation sites is 1. The summed E-state index contributed by atoms with van der Waals surface area (Å²) in [6.45, 7) is 5.34. The minimum atomic E-state index is 0.185. The van der Waals surface area contributed by atoms with Gasteiger partial charge in [0.2, 0.25) is 5.91 Å². The van der Waals surface area contributed by atoms with E-state index in [0.29, 0.717) is 24.2 Å². The number of thiazole rings is 1. The Morgan fingerprint density at radius 3 is 2.92 bits per heavy atom. The van der Waals surface area contributed by atoms with Crippen molar-refractivity contribution in [3.8, 4) is 0 Å². The smallest absolute Gasteiger partial charge is 0.223 e. The molecule has 2 atom stereocenters. The molecule has 0 bridgehead atoms. The molecule has 2 aliphatic heterocycles. The van der Waals surface area contributed by atoms with Gasteiger partial charge in [0.25, 0.3) is 0 Å². The van der Waals surface area contributed by atoms with Crippen LogP contribution < -0.4 is 5.32 Å². The van der Waals surface area contributed by atoms with Gasteiger partial charge in [-0.15, -0.1) is 11.3 Å². The summed E-state index contributed by atoms with van der Waals surface area (Å²) in [5.41, 5.74) is 1.06. The molecular weight excluding hydrogens is 330 g/mol. The molecule has 2 saturated heterocycles. The number of hydrogen-bond acceptors (Lipinski definition) is 4. The van der Waals surface area contributed by atoms with E-state index >= 15 is 0 Å². The molecule has 2 unspecified atom stereocenters. The lowest BCUT2D eigenvalue weighted by Crippen LogP contribution is -2.35. The first-order valence-electron chi connectivity index (χ1n) is 9.58. The van der Waals surface area contributed by atoms with Crippen LogP contribution in [0.2, 0.25) is 0 Å². The number of carbonyl (C=O) groups is 1. The summed E-state index contributed by atoms with van der Waals surface area (Å²) in [4.78, 5) is 19.9. The number of fused-ring (bicyclic) bond motifs is 1. The van der Waals surface area contributed by atoms with Crippen molar-refractivity contribution in [3.63, 3.8) is 0 Å². The molecule has 2 aromatic rings. The van der Waals surface area contributed by atoms with Crippen molar-refractivity contribution in [1.82, 2.24) is 15.2 Å². The Hall–Kier alpha value is -1.46. The molecule has 3 heterocycles. The third-order valence-electron chi connectivity index (χ3n) is 5.85. The number of nitrogens with one attached hydrogen (secondary N) is 1. The molecule has 25 heavy (non-hydrogen) atoms. The molecule has 0 spiro atoms. The SMILES string of the molecule is CC(CC(=O)N1CCCC1c1nc2ccccc2s1)C1CCNCC1. The predicted molar refractivity (Wildman–Crippen MR) is 103 cm³/mol. The van der Waals surface area contributed by atoms with Gasteiger partial charge in [-0.05, 0) is 62.7 Å². The van der Waals surface area contributed by atoms with Crippen molar-refractivity contribution < 1.29 is 4.79 Å². The number of amides is 1.